The van der Waals surface area contributed by atoms with Crippen molar-refractivity contribution in [3.8, 4) is 0 Å². The Labute approximate surface area is 310 Å². The molecule has 0 bridgehead atoms. The smallest absolute Gasteiger partial charge is 0.311 e. The number of carbonyl (C=O) groups excluding carboxylic acids is 1. The Morgan fingerprint density at radius 3 is 2.12 bits per heavy atom. The van der Waals surface area contributed by atoms with Gasteiger partial charge in [-0.3, -0.25) is 4.79 Å². The molecule has 304 valence electrons. The Kier molecular flexibility index (Phi) is 14.3. The molecule has 18 atom stereocenters. The number of carbonyl (C=O) groups is 1. The van der Waals surface area contributed by atoms with E-state index in [1.165, 1.54) is 14.0 Å². The van der Waals surface area contributed by atoms with E-state index in [0.717, 1.165) is 12.8 Å². The van der Waals surface area contributed by atoms with E-state index in [-0.39, 0.29) is 36.8 Å². The molecular weight excluding hydrogens is 676 g/mol. The third-order valence-corrected chi connectivity index (χ3v) is 12.3. The zero-order valence-electron chi connectivity index (χ0n) is 33.5. The molecule has 0 aromatic carbocycles. The molecule has 0 unspecified atom stereocenters. The van der Waals surface area contributed by atoms with Gasteiger partial charge < -0.3 is 64.2 Å². The fraction of sp³-hybridized carbons (Fsp3) is 0.974. The molecular formula is C38H70N2O12. The van der Waals surface area contributed by atoms with E-state index in [4.69, 9.17) is 28.4 Å². The SMILES string of the molecule is CO[C@]1(C)C[C@H](O[C@H]2[C@H](C)[C@@H](O[C@@H]3O[C@H](C)C[C@H](N(C)C)[C@H]3O)[C@@](C)(O)C[C@@H](C)CN[C@H](C)[C@@H](O)[C@](C)(O)[C@@H](C3CC3)OC(=O)[C@@H]2C)O[C@@H](C)[C@@H]1O. The third kappa shape index (κ3) is 9.67. The normalized spacial score (nSPS) is 50.7. The molecule has 0 aromatic rings. The first-order valence-electron chi connectivity index (χ1n) is 19.3. The number of hydrogen-bond donors (Lipinski definition) is 6. The molecule has 14 nitrogen and oxygen atoms in total. The lowest BCUT2D eigenvalue weighted by atomic mass is 9.77. The number of nitrogens with zero attached hydrogens (tertiary/aromatic N) is 1. The molecule has 52 heavy (non-hydrogen) atoms. The van der Waals surface area contributed by atoms with E-state index >= 15 is 0 Å². The van der Waals surface area contributed by atoms with Crippen molar-refractivity contribution in [1.82, 2.24) is 10.2 Å². The molecule has 14 heteroatoms. The number of esters is 1. The van der Waals surface area contributed by atoms with Gasteiger partial charge in [-0.15, -0.1) is 0 Å². The molecule has 4 aliphatic rings. The standard InChI is InChI=1S/C38H70N2O12/c1-19-16-36(7,45)32(52-35-28(41)26(40(10)11)15-20(2)48-35)21(3)29(50-27-17-37(8,47-12)31(43)24(6)49-27)22(4)34(44)51-33(25-13-14-25)38(9,46)30(42)23(5)39-18-19/h19-33,35,39,41-43,45-46H,13-18H2,1-12H3/t19-,20-,21+,22-,23-,24+,26+,27+,28-,29+,30-,31+,32-,33-,35+,36+,37-,38+/m1/s1. The lowest BCUT2D eigenvalue weighted by molar-refractivity contribution is -0.318. The summed E-state index contributed by atoms with van der Waals surface area (Å²) in [7, 11) is 5.29. The summed E-state index contributed by atoms with van der Waals surface area (Å²) in [6.45, 7) is 16.2. The largest absolute Gasteiger partial charge is 0.459 e. The van der Waals surface area contributed by atoms with Gasteiger partial charge in [0, 0.05) is 31.5 Å². The van der Waals surface area contributed by atoms with E-state index < -0.39 is 96.0 Å². The van der Waals surface area contributed by atoms with Crippen LogP contribution in [0.5, 0.6) is 0 Å². The van der Waals surface area contributed by atoms with Crippen molar-refractivity contribution >= 4 is 5.97 Å². The summed E-state index contributed by atoms with van der Waals surface area (Å²) in [5.41, 5.74) is -4.33. The highest BCUT2D eigenvalue weighted by Gasteiger charge is 2.54. The highest BCUT2D eigenvalue weighted by Crippen LogP contribution is 2.43. The number of cyclic esters (lactones) is 1. The maximum Gasteiger partial charge on any atom is 0.311 e. The van der Waals surface area contributed by atoms with Gasteiger partial charge in [-0.1, -0.05) is 13.8 Å². The number of ether oxygens (including phenoxy) is 6. The number of methoxy groups -OCH3 is 1. The monoisotopic (exact) mass is 746 g/mol. The summed E-state index contributed by atoms with van der Waals surface area (Å²) >= 11 is 0. The predicted octanol–water partition coefficient (Wildman–Crippen LogP) is 1.56. The Morgan fingerprint density at radius 2 is 1.54 bits per heavy atom. The number of nitrogens with one attached hydrogen (secondary N) is 1. The van der Waals surface area contributed by atoms with Crippen LogP contribution in [-0.2, 0) is 33.2 Å². The van der Waals surface area contributed by atoms with Gasteiger partial charge in [0.15, 0.2) is 12.6 Å². The van der Waals surface area contributed by atoms with Crippen LogP contribution < -0.4 is 5.32 Å². The van der Waals surface area contributed by atoms with Crippen molar-refractivity contribution < 1.29 is 58.7 Å². The summed E-state index contributed by atoms with van der Waals surface area (Å²) in [6.07, 6.45) is -6.80. The van der Waals surface area contributed by atoms with Crippen molar-refractivity contribution in [2.45, 2.75) is 185 Å². The van der Waals surface area contributed by atoms with Gasteiger partial charge >= 0.3 is 5.97 Å². The van der Waals surface area contributed by atoms with E-state index in [2.05, 4.69) is 5.32 Å². The average molecular weight is 747 g/mol. The maximum absolute atomic E-state index is 14.3. The van der Waals surface area contributed by atoms with Crippen LogP contribution in [0.4, 0.5) is 0 Å². The number of aliphatic hydroxyl groups is 5. The summed E-state index contributed by atoms with van der Waals surface area (Å²) < 4.78 is 37.7. The van der Waals surface area contributed by atoms with Gasteiger partial charge in [-0.2, -0.15) is 0 Å². The van der Waals surface area contributed by atoms with Crippen LogP contribution in [0.3, 0.4) is 0 Å². The summed E-state index contributed by atoms with van der Waals surface area (Å²) in [6, 6.07) is -0.839. The van der Waals surface area contributed by atoms with E-state index in [1.807, 2.05) is 39.8 Å². The second-order valence-corrected chi connectivity index (χ2v) is 17.5. The minimum absolute atomic E-state index is 0.126. The Balaban J connectivity index is 1.80. The second kappa shape index (κ2) is 17.0. The first-order valence-corrected chi connectivity index (χ1v) is 19.3. The Hall–Kier alpha value is -1.01. The molecule has 4 rings (SSSR count). The molecule has 3 heterocycles. The molecule has 0 radical (unpaired) electrons. The van der Waals surface area contributed by atoms with Crippen LogP contribution in [0.15, 0.2) is 0 Å². The topological polar surface area (TPSA) is 189 Å². The zero-order valence-corrected chi connectivity index (χ0v) is 33.5. The summed E-state index contributed by atoms with van der Waals surface area (Å²) in [4.78, 5) is 16.2. The van der Waals surface area contributed by atoms with Gasteiger partial charge in [0.05, 0.1) is 41.5 Å². The fourth-order valence-electron chi connectivity index (χ4n) is 8.80. The second-order valence-electron chi connectivity index (χ2n) is 17.5. The molecule has 0 aromatic heterocycles. The zero-order chi connectivity index (χ0) is 39.1. The van der Waals surface area contributed by atoms with Crippen molar-refractivity contribution in [3.63, 3.8) is 0 Å². The first-order chi connectivity index (χ1) is 24.0. The Bertz CT molecular complexity index is 1170. The molecule has 4 fully saturated rings. The number of likely N-dealkylation sites (N-methyl/N-ethyl adjacent to an activating group) is 1. The number of rotatable bonds is 7. The summed E-state index contributed by atoms with van der Waals surface area (Å²) in [5, 5.41) is 61.4. The van der Waals surface area contributed by atoms with Crippen LogP contribution in [0.1, 0.15) is 94.4 Å². The van der Waals surface area contributed by atoms with Gasteiger partial charge in [-0.25, -0.2) is 0 Å². The molecule has 6 N–H and O–H groups in total. The maximum atomic E-state index is 14.3. The lowest BCUT2D eigenvalue weighted by Crippen LogP contribution is -2.60. The highest BCUT2D eigenvalue weighted by molar-refractivity contribution is 5.73. The molecule has 3 aliphatic heterocycles. The Morgan fingerprint density at radius 1 is 0.904 bits per heavy atom. The molecule has 0 amide bonds. The molecule has 3 saturated heterocycles. The van der Waals surface area contributed by atoms with E-state index in [9.17, 15) is 30.3 Å². The third-order valence-electron chi connectivity index (χ3n) is 12.3. The van der Waals surface area contributed by atoms with E-state index in [1.54, 1.807) is 34.6 Å². The van der Waals surface area contributed by atoms with Gasteiger partial charge in [0.1, 0.15) is 30.0 Å². The van der Waals surface area contributed by atoms with E-state index in [0.29, 0.717) is 13.0 Å². The summed E-state index contributed by atoms with van der Waals surface area (Å²) in [5.74, 6) is -2.66. The number of aliphatic hydroxyl groups excluding tert-OH is 3. The van der Waals surface area contributed by atoms with Gasteiger partial charge in [-0.05, 0) is 107 Å². The van der Waals surface area contributed by atoms with Crippen molar-refractivity contribution in [3.05, 3.63) is 0 Å². The van der Waals surface area contributed by atoms with Gasteiger partial charge in [0.25, 0.3) is 0 Å². The predicted molar refractivity (Wildman–Crippen MR) is 192 cm³/mol. The highest BCUT2D eigenvalue weighted by atomic mass is 16.7. The van der Waals surface area contributed by atoms with Crippen LogP contribution in [0, 0.1) is 23.7 Å². The quantitative estimate of drug-likeness (QED) is 0.206. The van der Waals surface area contributed by atoms with Gasteiger partial charge in [0.2, 0.25) is 0 Å². The minimum Gasteiger partial charge on any atom is -0.459 e. The lowest BCUT2D eigenvalue weighted by Gasteiger charge is -2.48. The number of hydrogen-bond acceptors (Lipinski definition) is 14. The van der Waals surface area contributed by atoms with Crippen molar-refractivity contribution in [2.75, 3.05) is 27.7 Å². The molecule has 0 spiro atoms. The fourth-order valence-corrected chi connectivity index (χ4v) is 8.80. The first kappa shape index (κ1) is 43.7. The average Bonchev–Trinajstić information content (AvgIpc) is 3.90. The van der Waals surface area contributed by atoms with Crippen LogP contribution in [0.25, 0.3) is 0 Å². The van der Waals surface area contributed by atoms with Crippen molar-refractivity contribution in [2.24, 2.45) is 23.7 Å². The molecule has 1 aliphatic carbocycles. The minimum atomic E-state index is -1.77. The van der Waals surface area contributed by atoms with Crippen LogP contribution in [-0.4, -0.2) is 154 Å². The van der Waals surface area contributed by atoms with Crippen LogP contribution >= 0.6 is 0 Å². The van der Waals surface area contributed by atoms with Crippen LogP contribution in [0.2, 0.25) is 0 Å². The molecule has 1 saturated carbocycles. The van der Waals surface area contributed by atoms with Crippen molar-refractivity contribution in [1.29, 1.82) is 0 Å².